The highest BCUT2D eigenvalue weighted by Gasteiger charge is 2.22. The number of rotatable bonds is 4. The van der Waals surface area contributed by atoms with E-state index in [0.29, 0.717) is 12.6 Å². The zero-order chi connectivity index (χ0) is 13.7. The second-order valence-corrected chi connectivity index (χ2v) is 5.34. The molecule has 1 fully saturated rings. The molecule has 0 heterocycles. The van der Waals surface area contributed by atoms with Crippen molar-refractivity contribution in [2.45, 2.75) is 44.8 Å². The fraction of sp³-hybridized carbons (Fsp3) is 0.562. The molecule has 0 bridgehead atoms. The Hall–Kier alpha value is -1.35. The molecule has 1 aliphatic rings. The molecule has 1 amide bonds. The van der Waals surface area contributed by atoms with Crippen LogP contribution in [0.1, 0.15) is 48.0 Å². The first-order valence-corrected chi connectivity index (χ1v) is 7.07. The van der Waals surface area contributed by atoms with Crippen LogP contribution in [-0.2, 0) is 11.3 Å². The molecule has 0 atom stereocenters. The topological polar surface area (TPSA) is 29.5 Å². The molecular formula is C16H23NO2. The third-order valence-electron chi connectivity index (χ3n) is 3.93. The zero-order valence-electron chi connectivity index (χ0n) is 11.9. The first-order chi connectivity index (χ1) is 9.22. The minimum atomic E-state index is 0.129. The number of methoxy groups -OCH3 is 1. The van der Waals surface area contributed by atoms with Crippen LogP contribution in [0, 0.1) is 0 Å². The van der Waals surface area contributed by atoms with Gasteiger partial charge in [-0.05, 0) is 30.5 Å². The zero-order valence-corrected chi connectivity index (χ0v) is 11.9. The van der Waals surface area contributed by atoms with E-state index < -0.39 is 0 Å². The maximum atomic E-state index is 12.5. The van der Waals surface area contributed by atoms with Gasteiger partial charge < -0.3 is 9.64 Å². The Morgan fingerprint density at radius 1 is 1.32 bits per heavy atom. The number of benzene rings is 1. The number of ether oxygens (including phenoxy) is 1. The van der Waals surface area contributed by atoms with Gasteiger partial charge in [-0.15, -0.1) is 0 Å². The number of carbonyl (C=O) groups excluding carboxylic acids is 1. The maximum Gasteiger partial charge on any atom is 0.253 e. The Bertz CT molecular complexity index is 425. The van der Waals surface area contributed by atoms with Gasteiger partial charge in [0.15, 0.2) is 0 Å². The summed E-state index contributed by atoms with van der Waals surface area (Å²) in [6.45, 7) is 0.550. The van der Waals surface area contributed by atoms with Crippen molar-refractivity contribution in [2.75, 3.05) is 14.2 Å². The lowest BCUT2D eigenvalue weighted by molar-refractivity contribution is 0.0696. The van der Waals surface area contributed by atoms with Gasteiger partial charge in [0.25, 0.3) is 5.91 Å². The molecule has 1 aliphatic carbocycles. The molecule has 1 aromatic rings. The Morgan fingerprint density at radius 2 is 2.05 bits per heavy atom. The lowest BCUT2D eigenvalue weighted by Gasteiger charge is -2.31. The summed E-state index contributed by atoms with van der Waals surface area (Å²) in [5.41, 5.74) is 1.81. The summed E-state index contributed by atoms with van der Waals surface area (Å²) in [5, 5.41) is 0. The van der Waals surface area contributed by atoms with E-state index in [2.05, 4.69) is 0 Å². The minimum absolute atomic E-state index is 0.129. The number of amides is 1. The highest BCUT2D eigenvalue weighted by Crippen LogP contribution is 2.23. The van der Waals surface area contributed by atoms with Gasteiger partial charge in [0, 0.05) is 25.8 Å². The molecule has 1 saturated carbocycles. The van der Waals surface area contributed by atoms with Crippen molar-refractivity contribution >= 4 is 5.91 Å². The Morgan fingerprint density at radius 3 is 2.74 bits per heavy atom. The van der Waals surface area contributed by atoms with Gasteiger partial charge in [-0.2, -0.15) is 0 Å². The molecule has 0 saturated heterocycles. The van der Waals surface area contributed by atoms with Gasteiger partial charge in [-0.25, -0.2) is 0 Å². The van der Waals surface area contributed by atoms with E-state index in [4.69, 9.17) is 4.74 Å². The van der Waals surface area contributed by atoms with E-state index in [1.54, 1.807) is 7.11 Å². The van der Waals surface area contributed by atoms with Gasteiger partial charge in [0.1, 0.15) is 0 Å². The summed E-state index contributed by atoms with van der Waals surface area (Å²) < 4.78 is 5.11. The highest BCUT2D eigenvalue weighted by molar-refractivity contribution is 5.94. The predicted octanol–water partition coefficient (Wildman–Crippen LogP) is 3.24. The molecule has 0 unspecified atom stereocenters. The summed E-state index contributed by atoms with van der Waals surface area (Å²) in [5.74, 6) is 0.129. The second kappa shape index (κ2) is 6.71. The minimum Gasteiger partial charge on any atom is -0.380 e. The van der Waals surface area contributed by atoms with E-state index >= 15 is 0 Å². The molecule has 0 N–H and O–H groups in total. The maximum absolute atomic E-state index is 12.5. The molecule has 3 heteroatoms. The summed E-state index contributed by atoms with van der Waals surface area (Å²) in [6, 6.07) is 8.15. The molecule has 2 rings (SSSR count). The van der Waals surface area contributed by atoms with Crippen LogP contribution in [0.15, 0.2) is 24.3 Å². The average Bonchev–Trinajstić information content (AvgIpc) is 2.47. The van der Waals surface area contributed by atoms with Crippen molar-refractivity contribution in [1.29, 1.82) is 0 Å². The lowest BCUT2D eigenvalue weighted by atomic mass is 9.94. The molecule has 0 aromatic heterocycles. The van der Waals surface area contributed by atoms with Crippen LogP contribution in [0.4, 0.5) is 0 Å². The molecule has 1 aromatic carbocycles. The van der Waals surface area contributed by atoms with Crippen LogP contribution in [0.3, 0.4) is 0 Å². The first kappa shape index (κ1) is 14.1. The first-order valence-electron chi connectivity index (χ1n) is 7.07. The quantitative estimate of drug-likeness (QED) is 0.832. The number of nitrogens with zero attached hydrogens (tertiary/aromatic N) is 1. The van der Waals surface area contributed by atoms with Crippen LogP contribution in [0.25, 0.3) is 0 Å². The molecule has 104 valence electrons. The van der Waals surface area contributed by atoms with E-state index in [9.17, 15) is 4.79 Å². The van der Waals surface area contributed by atoms with E-state index in [-0.39, 0.29) is 5.91 Å². The fourth-order valence-electron chi connectivity index (χ4n) is 2.80. The summed E-state index contributed by atoms with van der Waals surface area (Å²) in [6.07, 6.45) is 6.07. The van der Waals surface area contributed by atoms with Gasteiger partial charge in [-0.1, -0.05) is 31.4 Å². The molecule has 0 aliphatic heterocycles. The highest BCUT2D eigenvalue weighted by atomic mass is 16.5. The van der Waals surface area contributed by atoms with Gasteiger partial charge in [0.05, 0.1) is 6.61 Å². The number of hydrogen-bond acceptors (Lipinski definition) is 2. The third kappa shape index (κ3) is 3.57. The van der Waals surface area contributed by atoms with E-state index in [1.807, 2.05) is 36.2 Å². The Balaban J connectivity index is 2.07. The van der Waals surface area contributed by atoms with Crippen LogP contribution in [0.2, 0.25) is 0 Å². The third-order valence-corrected chi connectivity index (χ3v) is 3.93. The lowest BCUT2D eigenvalue weighted by Crippen LogP contribution is -2.38. The van der Waals surface area contributed by atoms with Crippen LogP contribution >= 0.6 is 0 Å². The van der Waals surface area contributed by atoms with Crippen molar-refractivity contribution in [3.05, 3.63) is 35.4 Å². The summed E-state index contributed by atoms with van der Waals surface area (Å²) >= 11 is 0. The van der Waals surface area contributed by atoms with Crippen LogP contribution in [0.5, 0.6) is 0 Å². The number of hydrogen-bond donors (Lipinski definition) is 0. The Labute approximate surface area is 115 Å². The molecule has 3 nitrogen and oxygen atoms in total. The van der Waals surface area contributed by atoms with Crippen molar-refractivity contribution in [2.24, 2.45) is 0 Å². The number of carbonyl (C=O) groups is 1. The van der Waals surface area contributed by atoms with Crippen molar-refractivity contribution in [3.63, 3.8) is 0 Å². The fourth-order valence-corrected chi connectivity index (χ4v) is 2.80. The molecule has 0 spiro atoms. The van der Waals surface area contributed by atoms with Crippen LogP contribution < -0.4 is 0 Å². The monoisotopic (exact) mass is 261 g/mol. The van der Waals surface area contributed by atoms with Crippen molar-refractivity contribution in [1.82, 2.24) is 4.90 Å². The standard InChI is InChI=1S/C16H23NO2/c1-17(15-9-4-3-5-10-15)16(18)14-8-6-7-13(11-14)12-19-2/h6-8,11,15H,3-5,9-10,12H2,1-2H3. The van der Waals surface area contributed by atoms with Gasteiger partial charge in [-0.3, -0.25) is 4.79 Å². The smallest absolute Gasteiger partial charge is 0.253 e. The molecular weight excluding hydrogens is 238 g/mol. The molecule has 0 radical (unpaired) electrons. The normalized spacial score (nSPS) is 16.3. The summed E-state index contributed by atoms with van der Waals surface area (Å²) in [4.78, 5) is 14.4. The SMILES string of the molecule is COCc1cccc(C(=O)N(C)C2CCCCC2)c1. The van der Waals surface area contributed by atoms with Crippen LogP contribution in [-0.4, -0.2) is 31.0 Å². The molecule has 19 heavy (non-hydrogen) atoms. The summed E-state index contributed by atoms with van der Waals surface area (Å²) in [7, 11) is 3.60. The van der Waals surface area contributed by atoms with Gasteiger partial charge in [0.2, 0.25) is 0 Å². The largest absolute Gasteiger partial charge is 0.380 e. The Kier molecular flexibility index (Phi) is 4.97. The van der Waals surface area contributed by atoms with Crippen molar-refractivity contribution in [3.8, 4) is 0 Å². The second-order valence-electron chi connectivity index (χ2n) is 5.34. The van der Waals surface area contributed by atoms with Crippen molar-refractivity contribution < 1.29 is 9.53 Å². The average molecular weight is 261 g/mol. The predicted molar refractivity (Wildman–Crippen MR) is 76.1 cm³/mol. The van der Waals surface area contributed by atoms with E-state index in [1.165, 1.54) is 19.3 Å². The van der Waals surface area contributed by atoms with E-state index in [0.717, 1.165) is 24.0 Å². The van der Waals surface area contributed by atoms with Gasteiger partial charge >= 0.3 is 0 Å².